The van der Waals surface area contributed by atoms with Gasteiger partial charge in [-0.1, -0.05) is 28.1 Å². The van der Waals surface area contributed by atoms with Gasteiger partial charge < -0.3 is 9.84 Å². The first-order valence-corrected chi connectivity index (χ1v) is 5.78. The van der Waals surface area contributed by atoms with Crippen LogP contribution in [0.4, 0.5) is 0 Å². The van der Waals surface area contributed by atoms with E-state index in [0.717, 1.165) is 10.0 Å². The molecule has 0 radical (unpaired) electrons. The van der Waals surface area contributed by atoms with Crippen LogP contribution in [0, 0.1) is 0 Å². The summed E-state index contributed by atoms with van der Waals surface area (Å²) in [6.07, 6.45) is 0. The molecular formula is C11H12BrNO3. The highest BCUT2D eigenvalue weighted by Crippen LogP contribution is 2.21. The van der Waals surface area contributed by atoms with E-state index >= 15 is 0 Å². The lowest BCUT2D eigenvalue weighted by Gasteiger charge is -2.29. The van der Waals surface area contributed by atoms with Crippen LogP contribution in [0.25, 0.3) is 0 Å². The number of benzene rings is 1. The SMILES string of the molecule is O=C(O)C1COCC(c2cccc(Br)c2)N1. The summed E-state index contributed by atoms with van der Waals surface area (Å²) < 4.78 is 6.27. The molecule has 1 aliphatic rings. The fraction of sp³-hybridized carbons (Fsp3) is 0.364. The van der Waals surface area contributed by atoms with E-state index in [4.69, 9.17) is 9.84 Å². The number of halogens is 1. The minimum Gasteiger partial charge on any atom is -0.480 e. The van der Waals surface area contributed by atoms with Crippen LogP contribution < -0.4 is 5.32 Å². The zero-order valence-electron chi connectivity index (χ0n) is 8.52. The van der Waals surface area contributed by atoms with Crippen LogP contribution in [0.1, 0.15) is 11.6 Å². The first-order valence-electron chi connectivity index (χ1n) is 4.99. The van der Waals surface area contributed by atoms with Gasteiger partial charge in [0.25, 0.3) is 0 Å². The van der Waals surface area contributed by atoms with Crippen molar-refractivity contribution in [3.05, 3.63) is 34.3 Å². The van der Waals surface area contributed by atoms with Crippen LogP contribution >= 0.6 is 15.9 Å². The third-order valence-corrected chi connectivity index (χ3v) is 3.01. The van der Waals surface area contributed by atoms with E-state index in [1.54, 1.807) is 0 Å². The first-order chi connectivity index (χ1) is 7.66. The predicted octanol–water partition coefficient (Wildman–Crippen LogP) is 1.56. The minimum atomic E-state index is -0.875. The quantitative estimate of drug-likeness (QED) is 0.866. The highest BCUT2D eigenvalue weighted by molar-refractivity contribution is 9.10. The Morgan fingerprint density at radius 1 is 1.50 bits per heavy atom. The van der Waals surface area contributed by atoms with Crippen molar-refractivity contribution in [1.82, 2.24) is 5.32 Å². The number of ether oxygens (including phenoxy) is 1. The molecule has 1 heterocycles. The number of hydrogen-bond donors (Lipinski definition) is 2. The lowest BCUT2D eigenvalue weighted by Crippen LogP contribution is -2.48. The van der Waals surface area contributed by atoms with Crippen molar-refractivity contribution in [3.63, 3.8) is 0 Å². The molecule has 0 bridgehead atoms. The van der Waals surface area contributed by atoms with Crippen LogP contribution in [0.15, 0.2) is 28.7 Å². The number of carboxylic acid groups (broad SMARTS) is 1. The standard InChI is InChI=1S/C11H12BrNO3/c12-8-3-1-2-7(4-8)9-5-16-6-10(13-9)11(14)15/h1-4,9-10,13H,5-6H2,(H,14,15). The maximum atomic E-state index is 10.8. The zero-order valence-corrected chi connectivity index (χ0v) is 10.1. The molecule has 1 aliphatic heterocycles. The van der Waals surface area contributed by atoms with Gasteiger partial charge >= 0.3 is 5.97 Å². The van der Waals surface area contributed by atoms with Crippen molar-refractivity contribution in [2.75, 3.05) is 13.2 Å². The van der Waals surface area contributed by atoms with Gasteiger partial charge in [0, 0.05) is 4.47 Å². The average Bonchev–Trinajstić information content (AvgIpc) is 2.29. The Bertz CT molecular complexity index is 397. The number of nitrogens with one attached hydrogen (secondary N) is 1. The molecular weight excluding hydrogens is 274 g/mol. The highest BCUT2D eigenvalue weighted by Gasteiger charge is 2.27. The normalized spacial score (nSPS) is 25.3. The smallest absolute Gasteiger partial charge is 0.323 e. The second-order valence-corrected chi connectivity index (χ2v) is 4.62. The molecule has 1 fully saturated rings. The molecule has 2 atom stereocenters. The summed E-state index contributed by atoms with van der Waals surface area (Å²) in [5.41, 5.74) is 1.03. The maximum Gasteiger partial charge on any atom is 0.323 e. The Morgan fingerprint density at radius 3 is 3.00 bits per heavy atom. The number of hydrogen-bond acceptors (Lipinski definition) is 3. The highest BCUT2D eigenvalue weighted by atomic mass is 79.9. The van der Waals surface area contributed by atoms with Gasteiger partial charge in [0.2, 0.25) is 0 Å². The minimum absolute atomic E-state index is 0.0626. The summed E-state index contributed by atoms with van der Waals surface area (Å²) in [6.45, 7) is 0.722. The van der Waals surface area contributed by atoms with Crippen molar-refractivity contribution < 1.29 is 14.6 Å². The summed E-state index contributed by atoms with van der Waals surface area (Å²) in [7, 11) is 0. The Balaban J connectivity index is 2.12. The summed E-state index contributed by atoms with van der Waals surface area (Å²) in [5.74, 6) is -0.875. The number of morpholine rings is 1. The molecule has 0 spiro atoms. The zero-order chi connectivity index (χ0) is 11.5. The molecule has 0 amide bonds. The van der Waals surface area contributed by atoms with E-state index in [-0.39, 0.29) is 12.6 Å². The summed E-state index contributed by atoms with van der Waals surface area (Å²) in [4.78, 5) is 10.8. The van der Waals surface area contributed by atoms with E-state index in [1.165, 1.54) is 0 Å². The first kappa shape index (κ1) is 11.6. The van der Waals surface area contributed by atoms with E-state index in [2.05, 4.69) is 21.2 Å². The Labute approximate surface area is 102 Å². The Kier molecular flexibility index (Phi) is 3.58. The molecule has 16 heavy (non-hydrogen) atoms. The van der Waals surface area contributed by atoms with E-state index in [1.807, 2.05) is 24.3 Å². The summed E-state index contributed by atoms with van der Waals surface area (Å²) in [5, 5.41) is 12.0. The van der Waals surface area contributed by atoms with Gasteiger partial charge in [0.1, 0.15) is 6.04 Å². The van der Waals surface area contributed by atoms with Gasteiger partial charge in [0.15, 0.2) is 0 Å². The number of carboxylic acids is 1. The van der Waals surface area contributed by atoms with Crippen LogP contribution in [0.2, 0.25) is 0 Å². The van der Waals surface area contributed by atoms with E-state index in [0.29, 0.717) is 6.61 Å². The fourth-order valence-electron chi connectivity index (χ4n) is 1.70. The fourth-order valence-corrected chi connectivity index (χ4v) is 2.12. The monoisotopic (exact) mass is 285 g/mol. The third-order valence-electron chi connectivity index (χ3n) is 2.52. The van der Waals surface area contributed by atoms with Gasteiger partial charge in [-0.2, -0.15) is 0 Å². The predicted molar refractivity (Wildman–Crippen MR) is 62.3 cm³/mol. The van der Waals surface area contributed by atoms with Crippen LogP contribution in [-0.4, -0.2) is 30.3 Å². The van der Waals surface area contributed by atoms with Crippen molar-refractivity contribution in [1.29, 1.82) is 0 Å². The lowest BCUT2D eigenvalue weighted by molar-refractivity contribution is -0.143. The van der Waals surface area contributed by atoms with E-state index in [9.17, 15) is 4.79 Å². The van der Waals surface area contributed by atoms with E-state index < -0.39 is 12.0 Å². The molecule has 1 saturated heterocycles. The second kappa shape index (κ2) is 4.95. The van der Waals surface area contributed by atoms with Crippen molar-refractivity contribution in [2.24, 2.45) is 0 Å². The Morgan fingerprint density at radius 2 is 2.31 bits per heavy atom. The largest absolute Gasteiger partial charge is 0.480 e. The molecule has 86 valence electrons. The summed E-state index contributed by atoms with van der Waals surface area (Å²) >= 11 is 3.39. The van der Waals surface area contributed by atoms with Gasteiger partial charge in [-0.25, -0.2) is 0 Å². The number of rotatable bonds is 2. The third kappa shape index (κ3) is 2.61. The van der Waals surface area contributed by atoms with Gasteiger partial charge in [-0.3, -0.25) is 10.1 Å². The molecule has 4 nitrogen and oxygen atoms in total. The van der Waals surface area contributed by atoms with Gasteiger partial charge in [0.05, 0.1) is 19.3 Å². The molecule has 2 rings (SSSR count). The molecule has 0 saturated carbocycles. The topological polar surface area (TPSA) is 58.6 Å². The van der Waals surface area contributed by atoms with Crippen molar-refractivity contribution >= 4 is 21.9 Å². The van der Waals surface area contributed by atoms with Crippen LogP contribution in [0.5, 0.6) is 0 Å². The van der Waals surface area contributed by atoms with Crippen LogP contribution in [-0.2, 0) is 9.53 Å². The molecule has 1 aromatic carbocycles. The molecule has 5 heteroatoms. The second-order valence-electron chi connectivity index (χ2n) is 3.70. The molecule has 0 aliphatic carbocycles. The maximum absolute atomic E-state index is 10.8. The molecule has 0 aromatic heterocycles. The average molecular weight is 286 g/mol. The molecule has 2 N–H and O–H groups in total. The van der Waals surface area contributed by atoms with Gasteiger partial charge in [-0.05, 0) is 17.7 Å². The number of aliphatic carboxylic acids is 1. The summed E-state index contributed by atoms with van der Waals surface area (Å²) in [6, 6.07) is 7.08. The molecule has 1 aromatic rings. The van der Waals surface area contributed by atoms with Crippen LogP contribution in [0.3, 0.4) is 0 Å². The van der Waals surface area contributed by atoms with Gasteiger partial charge in [-0.15, -0.1) is 0 Å². The lowest BCUT2D eigenvalue weighted by atomic mass is 10.1. The Hall–Kier alpha value is -0.910. The number of carbonyl (C=O) groups is 1. The van der Waals surface area contributed by atoms with Crippen molar-refractivity contribution in [2.45, 2.75) is 12.1 Å². The van der Waals surface area contributed by atoms with Crippen molar-refractivity contribution in [3.8, 4) is 0 Å². The molecule has 2 unspecified atom stereocenters.